The van der Waals surface area contributed by atoms with Gasteiger partial charge in [-0.1, -0.05) is 5.16 Å². The van der Waals surface area contributed by atoms with Crippen molar-refractivity contribution in [2.45, 2.75) is 19.4 Å². The quantitative estimate of drug-likeness (QED) is 0.422. The number of ketones is 1. The number of rotatable bonds is 4. The van der Waals surface area contributed by atoms with Crippen molar-refractivity contribution in [2.75, 3.05) is 11.5 Å². The maximum atomic E-state index is 10.8. The minimum atomic E-state index is -1.34. The second-order valence-electron chi connectivity index (χ2n) is 2.89. The summed E-state index contributed by atoms with van der Waals surface area (Å²) in [7, 11) is 0. The maximum absolute atomic E-state index is 10.8. The first kappa shape index (κ1) is 11.0. The predicted molar refractivity (Wildman–Crippen MR) is 52.6 cm³/mol. The third-order valence-electron chi connectivity index (χ3n) is 1.72. The number of carboxylic acid groups (broad SMARTS) is 1. The van der Waals surface area contributed by atoms with Crippen LogP contribution in [-0.2, 0) is 14.4 Å². The molecule has 1 aliphatic heterocycles. The number of oxime groups is 1. The largest absolute Gasteiger partial charge is 0.476 e. The van der Waals surface area contributed by atoms with E-state index in [0.717, 1.165) is 24.9 Å². The van der Waals surface area contributed by atoms with Crippen molar-refractivity contribution in [3.05, 3.63) is 0 Å². The molecule has 0 spiro atoms. The number of hydrogen-bond donors (Lipinski definition) is 1. The Labute approximate surface area is 85.5 Å². The Bertz CT molecular complexity index is 255. The van der Waals surface area contributed by atoms with Crippen LogP contribution in [0, 0.1) is 0 Å². The SMILES string of the molecule is CC(=O)/C(=N/OC1CCSC1)C(=O)O. The van der Waals surface area contributed by atoms with Crippen LogP contribution in [0.5, 0.6) is 0 Å². The molecule has 1 saturated heterocycles. The Kier molecular flexibility index (Phi) is 3.94. The summed E-state index contributed by atoms with van der Waals surface area (Å²) in [6.07, 6.45) is 0.785. The van der Waals surface area contributed by atoms with Crippen LogP contribution in [0.15, 0.2) is 5.16 Å². The highest BCUT2D eigenvalue weighted by Gasteiger charge is 2.20. The van der Waals surface area contributed by atoms with Crippen LogP contribution < -0.4 is 0 Å². The van der Waals surface area contributed by atoms with Gasteiger partial charge in [-0.15, -0.1) is 0 Å². The van der Waals surface area contributed by atoms with Gasteiger partial charge in [0, 0.05) is 12.7 Å². The lowest BCUT2D eigenvalue weighted by atomic mass is 10.3. The smallest absolute Gasteiger partial charge is 0.361 e. The van der Waals surface area contributed by atoms with Crippen molar-refractivity contribution < 1.29 is 19.5 Å². The Balaban J connectivity index is 2.54. The molecule has 1 atom stereocenters. The average molecular weight is 217 g/mol. The molecule has 1 N–H and O–H groups in total. The fourth-order valence-corrected chi connectivity index (χ4v) is 2.06. The van der Waals surface area contributed by atoms with E-state index < -0.39 is 17.5 Å². The molecule has 1 aliphatic rings. The molecule has 0 saturated carbocycles. The van der Waals surface area contributed by atoms with E-state index in [2.05, 4.69) is 5.16 Å². The van der Waals surface area contributed by atoms with Crippen LogP contribution in [-0.4, -0.2) is 40.2 Å². The highest BCUT2D eigenvalue weighted by atomic mass is 32.2. The first-order valence-electron chi connectivity index (χ1n) is 4.17. The van der Waals surface area contributed by atoms with Gasteiger partial charge in [0.2, 0.25) is 5.71 Å². The normalized spacial score (nSPS) is 22.1. The van der Waals surface area contributed by atoms with Crippen molar-refractivity contribution in [3.63, 3.8) is 0 Å². The molecule has 1 rings (SSSR count). The zero-order valence-corrected chi connectivity index (χ0v) is 8.54. The van der Waals surface area contributed by atoms with Gasteiger partial charge in [0.25, 0.3) is 0 Å². The second-order valence-corrected chi connectivity index (χ2v) is 4.04. The number of thioether (sulfide) groups is 1. The van der Waals surface area contributed by atoms with Gasteiger partial charge in [-0.05, 0) is 12.2 Å². The Hall–Kier alpha value is -1.04. The van der Waals surface area contributed by atoms with E-state index in [9.17, 15) is 9.59 Å². The Morgan fingerprint density at radius 3 is 2.71 bits per heavy atom. The van der Waals surface area contributed by atoms with Crippen LogP contribution >= 0.6 is 11.8 Å². The first-order valence-corrected chi connectivity index (χ1v) is 5.32. The molecule has 0 radical (unpaired) electrons. The van der Waals surface area contributed by atoms with E-state index in [4.69, 9.17) is 9.94 Å². The van der Waals surface area contributed by atoms with Gasteiger partial charge in [-0.3, -0.25) is 4.79 Å². The topological polar surface area (TPSA) is 76.0 Å². The zero-order valence-electron chi connectivity index (χ0n) is 7.73. The first-order chi connectivity index (χ1) is 6.61. The van der Waals surface area contributed by atoms with Gasteiger partial charge in [0.15, 0.2) is 5.78 Å². The van der Waals surface area contributed by atoms with Crippen molar-refractivity contribution >= 4 is 29.2 Å². The highest BCUT2D eigenvalue weighted by Crippen LogP contribution is 2.20. The van der Waals surface area contributed by atoms with Gasteiger partial charge in [-0.25, -0.2) is 4.79 Å². The maximum Gasteiger partial charge on any atom is 0.361 e. The summed E-state index contributed by atoms with van der Waals surface area (Å²) >= 11 is 1.72. The molecule has 0 aromatic rings. The average Bonchev–Trinajstić information content (AvgIpc) is 2.55. The van der Waals surface area contributed by atoms with E-state index >= 15 is 0 Å². The minimum Gasteiger partial charge on any atom is -0.476 e. The molecule has 0 bridgehead atoms. The van der Waals surface area contributed by atoms with Crippen LogP contribution in [0.4, 0.5) is 0 Å². The lowest BCUT2D eigenvalue weighted by Gasteiger charge is -2.05. The van der Waals surface area contributed by atoms with Gasteiger partial charge in [0.1, 0.15) is 6.10 Å². The standard InChI is InChI=1S/C8H11NO4S/c1-5(10)7(8(11)12)9-13-6-2-3-14-4-6/h6H,2-4H2,1H3,(H,11,12)/b9-7-. The lowest BCUT2D eigenvalue weighted by molar-refractivity contribution is -0.130. The van der Waals surface area contributed by atoms with Crippen molar-refractivity contribution in [2.24, 2.45) is 5.16 Å². The third kappa shape index (κ3) is 3.02. The fraction of sp³-hybridized carbons (Fsp3) is 0.625. The summed E-state index contributed by atoms with van der Waals surface area (Å²) in [6, 6.07) is 0. The van der Waals surface area contributed by atoms with E-state index in [0.29, 0.717) is 0 Å². The molecule has 0 aromatic carbocycles. The summed E-state index contributed by atoms with van der Waals surface area (Å²) in [5.41, 5.74) is -0.540. The molecular formula is C8H11NO4S. The van der Waals surface area contributed by atoms with E-state index in [1.54, 1.807) is 11.8 Å². The Morgan fingerprint density at radius 1 is 1.57 bits per heavy atom. The number of carboxylic acids is 1. The van der Waals surface area contributed by atoms with Crippen LogP contribution in [0.3, 0.4) is 0 Å². The summed E-state index contributed by atoms with van der Waals surface area (Å²) in [5.74, 6) is -0.150. The number of hydrogen-bond acceptors (Lipinski definition) is 5. The number of carbonyl (C=O) groups is 2. The fourth-order valence-electron chi connectivity index (χ4n) is 0.977. The predicted octanol–water partition coefficient (Wildman–Crippen LogP) is 0.538. The van der Waals surface area contributed by atoms with Crippen LogP contribution in [0.25, 0.3) is 0 Å². The summed E-state index contributed by atoms with van der Waals surface area (Å²) in [6.45, 7) is 1.15. The number of nitrogens with zero attached hydrogens (tertiary/aromatic N) is 1. The summed E-state index contributed by atoms with van der Waals surface area (Å²) in [5, 5.41) is 11.9. The second kappa shape index (κ2) is 4.99. The zero-order chi connectivity index (χ0) is 10.6. The lowest BCUT2D eigenvalue weighted by Crippen LogP contribution is -2.22. The van der Waals surface area contributed by atoms with Gasteiger partial charge >= 0.3 is 5.97 Å². The van der Waals surface area contributed by atoms with Gasteiger partial charge < -0.3 is 9.94 Å². The molecule has 78 valence electrons. The number of carbonyl (C=O) groups excluding carboxylic acids is 1. The summed E-state index contributed by atoms with van der Waals surface area (Å²) < 4.78 is 0. The van der Waals surface area contributed by atoms with Gasteiger partial charge in [0.05, 0.1) is 0 Å². The molecule has 0 aliphatic carbocycles. The minimum absolute atomic E-state index is 0.0614. The van der Waals surface area contributed by atoms with E-state index in [1.807, 2.05) is 0 Å². The van der Waals surface area contributed by atoms with E-state index in [-0.39, 0.29) is 6.10 Å². The molecule has 1 fully saturated rings. The van der Waals surface area contributed by atoms with Crippen molar-refractivity contribution in [3.8, 4) is 0 Å². The Morgan fingerprint density at radius 2 is 2.29 bits per heavy atom. The van der Waals surface area contributed by atoms with Crippen molar-refractivity contribution in [1.29, 1.82) is 0 Å². The molecular weight excluding hydrogens is 206 g/mol. The monoisotopic (exact) mass is 217 g/mol. The molecule has 0 aromatic heterocycles. The summed E-state index contributed by atoms with van der Waals surface area (Å²) in [4.78, 5) is 26.3. The molecule has 0 amide bonds. The number of aliphatic carboxylic acids is 1. The number of Topliss-reactive ketones (excluding diaryl/α,β-unsaturated/α-hetero) is 1. The van der Waals surface area contributed by atoms with Crippen LogP contribution in [0.1, 0.15) is 13.3 Å². The molecule has 14 heavy (non-hydrogen) atoms. The van der Waals surface area contributed by atoms with E-state index in [1.165, 1.54) is 0 Å². The highest BCUT2D eigenvalue weighted by molar-refractivity contribution is 7.99. The van der Waals surface area contributed by atoms with Gasteiger partial charge in [-0.2, -0.15) is 11.8 Å². The molecule has 5 nitrogen and oxygen atoms in total. The third-order valence-corrected chi connectivity index (χ3v) is 2.85. The van der Waals surface area contributed by atoms with Crippen molar-refractivity contribution in [1.82, 2.24) is 0 Å². The molecule has 6 heteroatoms. The molecule has 1 heterocycles. The molecule has 1 unspecified atom stereocenters. The van der Waals surface area contributed by atoms with Crippen LogP contribution in [0.2, 0.25) is 0 Å².